The quantitative estimate of drug-likeness (QED) is 0.176. The second-order valence-electron chi connectivity index (χ2n) is 23.1. The van der Waals surface area contributed by atoms with Crippen molar-refractivity contribution in [2.75, 3.05) is 0 Å². The maximum Gasteiger partial charge on any atom is 0.136 e. The molecule has 0 amide bonds. The molecule has 2 heteroatoms. The SMILES string of the molecule is CC(C)C1(C(C)C)c2cc3c(cc2-c2cc4c(cc21)C1c2ccccc2C(c2ccc5c(c2)oc2ccccc25)=CC1C4(C)C)C(C)(C)c1cc(-c2ccc4c(c2)oc2ccccc24)c2ccccc2c1-3. The van der Waals surface area contributed by atoms with Crippen LogP contribution in [0, 0.1) is 17.8 Å². The van der Waals surface area contributed by atoms with Gasteiger partial charge >= 0.3 is 0 Å². The molecule has 344 valence electrons. The van der Waals surface area contributed by atoms with Crippen LogP contribution in [0.15, 0.2) is 179 Å². The van der Waals surface area contributed by atoms with Gasteiger partial charge in [-0.2, -0.15) is 0 Å². The largest absolute Gasteiger partial charge is 0.456 e. The van der Waals surface area contributed by atoms with E-state index >= 15 is 0 Å². The van der Waals surface area contributed by atoms with Gasteiger partial charge in [0.2, 0.25) is 0 Å². The number of furan rings is 2. The Morgan fingerprint density at radius 2 is 0.915 bits per heavy atom. The summed E-state index contributed by atoms with van der Waals surface area (Å²) in [5.41, 5.74) is 25.4. The highest BCUT2D eigenvalue weighted by Crippen LogP contribution is 2.65. The molecule has 2 heterocycles. The van der Waals surface area contributed by atoms with Gasteiger partial charge in [0.05, 0.1) is 0 Å². The topological polar surface area (TPSA) is 26.3 Å². The molecule has 2 atom stereocenters. The fourth-order valence-corrected chi connectivity index (χ4v) is 15.3. The Bertz CT molecular complexity index is 4190. The van der Waals surface area contributed by atoms with Crippen molar-refractivity contribution >= 4 is 60.2 Å². The summed E-state index contributed by atoms with van der Waals surface area (Å²) in [5.74, 6) is 1.27. The summed E-state index contributed by atoms with van der Waals surface area (Å²) in [6.45, 7) is 19.9. The molecule has 2 unspecified atom stereocenters. The van der Waals surface area contributed by atoms with Crippen molar-refractivity contribution in [3.8, 4) is 33.4 Å². The first kappa shape index (κ1) is 41.4. The minimum atomic E-state index is -0.232. The number of para-hydroxylation sites is 2. The standard InChI is InChI=1S/C69H56O2/c1-37(2)69(38(3)4)57-35-53-55(67(5,6)59-31-49(41-17-9-11-21-47(41)65(53)59)39-25-27-45-43-19-13-15-23-61(43)70-63(45)29-39)33-51(57)52-34-56-54(36-58(52)69)66-48-22-12-10-18-42(48)50(32-60(66)68(56,7)8)40-26-28-46-44-20-14-16-24-62(44)71-64(46)30-40/h9-38,59,65H,1-8H3. The molecular formula is C69H56O2. The third-order valence-corrected chi connectivity index (χ3v) is 18.5. The van der Waals surface area contributed by atoms with Crippen LogP contribution in [0.1, 0.15) is 111 Å². The second kappa shape index (κ2) is 13.9. The van der Waals surface area contributed by atoms with Crippen LogP contribution in [0.4, 0.5) is 0 Å². The van der Waals surface area contributed by atoms with Crippen molar-refractivity contribution in [3.63, 3.8) is 0 Å². The first-order valence-electron chi connectivity index (χ1n) is 25.9. The summed E-state index contributed by atoms with van der Waals surface area (Å²) < 4.78 is 12.9. The van der Waals surface area contributed by atoms with E-state index in [-0.39, 0.29) is 28.1 Å². The van der Waals surface area contributed by atoms with Gasteiger partial charge in [-0.15, -0.1) is 0 Å². The highest BCUT2D eigenvalue weighted by atomic mass is 16.3. The molecule has 0 N–H and O–H groups in total. The molecule has 9 aromatic carbocycles. The summed E-state index contributed by atoms with van der Waals surface area (Å²) in [4.78, 5) is 0. The zero-order chi connectivity index (χ0) is 48.0. The number of benzene rings is 9. The first-order valence-corrected chi connectivity index (χ1v) is 25.9. The fourth-order valence-electron chi connectivity index (χ4n) is 15.3. The maximum absolute atomic E-state index is 6.47. The molecule has 0 radical (unpaired) electrons. The average Bonchev–Trinajstić information content (AvgIpc) is 4.13. The summed E-state index contributed by atoms with van der Waals surface area (Å²) >= 11 is 0. The molecule has 15 rings (SSSR count). The van der Waals surface area contributed by atoms with Crippen LogP contribution in [0.5, 0.6) is 0 Å². The van der Waals surface area contributed by atoms with Crippen LogP contribution in [0.2, 0.25) is 0 Å². The fraction of sp³-hybridized carbons (Fsp3) is 0.217. The van der Waals surface area contributed by atoms with Crippen LogP contribution in [0.25, 0.3) is 93.6 Å². The van der Waals surface area contributed by atoms with Gasteiger partial charge < -0.3 is 8.83 Å². The Hall–Kier alpha value is -7.42. The van der Waals surface area contributed by atoms with Crippen molar-refractivity contribution in [1.29, 1.82) is 0 Å². The van der Waals surface area contributed by atoms with Gasteiger partial charge in [-0.1, -0.05) is 165 Å². The molecule has 4 aliphatic rings. The van der Waals surface area contributed by atoms with Crippen LogP contribution in [-0.2, 0) is 16.2 Å². The van der Waals surface area contributed by atoms with E-state index in [1.165, 1.54) is 111 Å². The van der Waals surface area contributed by atoms with E-state index in [1.807, 2.05) is 0 Å². The van der Waals surface area contributed by atoms with Gasteiger partial charge in [0, 0.05) is 38.3 Å². The smallest absolute Gasteiger partial charge is 0.136 e. The highest BCUT2D eigenvalue weighted by Gasteiger charge is 2.54. The zero-order valence-corrected chi connectivity index (χ0v) is 41.8. The van der Waals surface area contributed by atoms with Crippen molar-refractivity contribution in [1.82, 2.24) is 0 Å². The molecular weight excluding hydrogens is 861 g/mol. The lowest BCUT2D eigenvalue weighted by molar-refractivity contribution is 0.280. The van der Waals surface area contributed by atoms with E-state index in [1.54, 1.807) is 0 Å². The van der Waals surface area contributed by atoms with E-state index in [0.717, 1.165) is 33.1 Å². The third kappa shape index (κ3) is 5.18. The Kier molecular flexibility index (Phi) is 8.11. The van der Waals surface area contributed by atoms with E-state index in [9.17, 15) is 0 Å². The van der Waals surface area contributed by atoms with E-state index in [0.29, 0.717) is 11.8 Å². The predicted octanol–water partition coefficient (Wildman–Crippen LogP) is 18.7. The Morgan fingerprint density at radius 3 is 1.59 bits per heavy atom. The highest BCUT2D eigenvalue weighted by molar-refractivity contribution is 6.12. The van der Waals surface area contributed by atoms with Gasteiger partial charge in [-0.25, -0.2) is 0 Å². The van der Waals surface area contributed by atoms with Gasteiger partial charge in [-0.3, -0.25) is 0 Å². The summed E-state index contributed by atoms with van der Waals surface area (Å²) in [5, 5.41) is 7.26. The van der Waals surface area contributed by atoms with Crippen LogP contribution in [-0.4, -0.2) is 0 Å². The Labute approximate surface area is 415 Å². The van der Waals surface area contributed by atoms with Gasteiger partial charge in [0.1, 0.15) is 22.3 Å². The normalized spacial score (nSPS) is 18.5. The zero-order valence-electron chi connectivity index (χ0n) is 41.8. The molecule has 0 saturated heterocycles. The molecule has 0 saturated carbocycles. The number of hydrogen-bond acceptors (Lipinski definition) is 2. The van der Waals surface area contributed by atoms with Crippen molar-refractivity contribution in [2.45, 2.75) is 77.6 Å². The molecule has 0 bridgehead atoms. The van der Waals surface area contributed by atoms with Crippen molar-refractivity contribution < 1.29 is 8.83 Å². The van der Waals surface area contributed by atoms with E-state index in [4.69, 9.17) is 8.83 Å². The Morgan fingerprint density at radius 1 is 0.394 bits per heavy atom. The van der Waals surface area contributed by atoms with Crippen molar-refractivity contribution in [3.05, 3.63) is 220 Å². The average molecular weight is 917 g/mol. The maximum atomic E-state index is 6.47. The monoisotopic (exact) mass is 916 g/mol. The minimum absolute atomic E-state index is 0.120. The van der Waals surface area contributed by atoms with Crippen LogP contribution < -0.4 is 0 Å². The van der Waals surface area contributed by atoms with Gasteiger partial charge in [0.15, 0.2) is 0 Å². The lowest BCUT2D eigenvalue weighted by Crippen LogP contribution is -2.37. The second-order valence-corrected chi connectivity index (χ2v) is 23.1. The molecule has 0 fully saturated rings. The lowest BCUT2D eigenvalue weighted by Gasteiger charge is -2.41. The number of allylic oxidation sites excluding steroid dienone is 1. The van der Waals surface area contributed by atoms with Crippen molar-refractivity contribution in [2.24, 2.45) is 17.8 Å². The molecule has 2 nitrogen and oxygen atoms in total. The van der Waals surface area contributed by atoms with E-state index < -0.39 is 0 Å². The number of fused-ring (bicyclic) bond motifs is 19. The summed E-state index contributed by atoms with van der Waals surface area (Å²) in [7, 11) is 0. The molecule has 0 spiro atoms. The first-order chi connectivity index (χ1) is 34.3. The number of rotatable bonds is 4. The summed E-state index contributed by atoms with van der Waals surface area (Å²) in [6, 6.07) is 62.1. The van der Waals surface area contributed by atoms with Gasteiger partial charge in [0.25, 0.3) is 0 Å². The molecule has 11 aromatic rings. The molecule has 0 aliphatic heterocycles. The number of hydrogen-bond donors (Lipinski definition) is 0. The van der Waals surface area contributed by atoms with E-state index in [2.05, 4.69) is 225 Å². The third-order valence-electron chi connectivity index (χ3n) is 18.5. The molecule has 2 aromatic heterocycles. The minimum Gasteiger partial charge on any atom is -0.456 e. The molecule has 71 heavy (non-hydrogen) atoms. The predicted molar refractivity (Wildman–Crippen MR) is 296 cm³/mol. The lowest BCUT2D eigenvalue weighted by atomic mass is 9.62. The summed E-state index contributed by atoms with van der Waals surface area (Å²) in [6.07, 6.45) is 2.63. The molecule has 4 aliphatic carbocycles. The van der Waals surface area contributed by atoms with Crippen LogP contribution >= 0.6 is 0 Å². The van der Waals surface area contributed by atoms with Gasteiger partial charge in [-0.05, 0) is 184 Å². The van der Waals surface area contributed by atoms with Crippen LogP contribution in [0.3, 0.4) is 0 Å². The Balaban J connectivity index is 0.910.